The van der Waals surface area contributed by atoms with Crippen molar-refractivity contribution < 1.29 is 8.42 Å². The summed E-state index contributed by atoms with van der Waals surface area (Å²) in [5.74, 6) is 0. The maximum atomic E-state index is 11.3. The summed E-state index contributed by atoms with van der Waals surface area (Å²) in [5, 5.41) is 1.91. The quantitative estimate of drug-likeness (QED) is 0.789. The number of thiazole rings is 1. The molecule has 16 heavy (non-hydrogen) atoms. The highest BCUT2D eigenvalue weighted by Gasteiger charge is 2.13. The second kappa shape index (κ2) is 3.80. The van der Waals surface area contributed by atoms with E-state index >= 15 is 0 Å². The highest BCUT2D eigenvalue weighted by molar-refractivity contribution is 7.90. The lowest BCUT2D eigenvalue weighted by molar-refractivity contribution is 0.593. The average molecular weight is 256 g/mol. The van der Waals surface area contributed by atoms with Gasteiger partial charge in [-0.1, -0.05) is 0 Å². The fraction of sp³-hybridized carbons (Fsp3) is 0.125. The van der Waals surface area contributed by atoms with Gasteiger partial charge in [0.2, 0.25) is 15.0 Å². The van der Waals surface area contributed by atoms with E-state index in [1.54, 1.807) is 11.4 Å². The van der Waals surface area contributed by atoms with E-state index in [0.717, 1.165) is 6.26 Å². The van der Waals surface area contributed by atoms with Crippen LogP contribution in [0.4, 0.5) is 5.13 Å². The van der Waals surface area contributed by atoms with Crippen LogP contribution in [0.15, 0.2) is 22.8 Å². The number of rotatable bonds is 2. The van der Waals surface area contributed by atoms with Gasteiger partial charge in [-0.2, -0.15) is 0 Å². The molecule has 0 bridgehead atoms. The first kappa shape index (κ1) is 11.0. The summed E-state index contributed by atoms with van der Waals surface area (Å²) in [7, 11) is -3.40. The van der Waals surface area contributed by atoms with Gasteiger partial charge in [-0.15, -0.1) is 11.3 Å². The number of sulfone groups is 1. The molecule has 2 heterocycles. The molecule has 0 aliphatic carbocycles. The molecule has 2 aromatic heterocycles. The molecule has 0 amide bonds. The van der Waals surface area contributed by atoms with E-state index in [-0.39, 0.29) is 5.16 Å². The van der Waals surface area contributed by atoms with Crippen LogP contribution in [0.1, 0.15) is 0 Å². The Hall–Kier alpha value is -1.54. The first-order chi connectivity index (χ1) is 7.47. The minimum absolute atomic E-state index is 0.212. The van der Waals surface area contributed by atoms with Gasteiger partial charge in [0, 0.05) is 17.8 Å². The van der Waals surface area contributed by atoms with Crippen LogP contribution in [0.25, 0.3) is 11.4 Å². The van der Waals surface area contributed by atoms with E-state index in [2.05, 4.69) is 15.0 Å². The molecule has 84 valence electrons. The lowest BCUT2D eigenvalue weighted by atomic mass is 10.3. The third-order valence-corrected chi connectivity index (χ3v) is 3.28. The summed E-state index contributed by atoms with van der Waals surface area (Å²) < 4.78 is 22.5. The first-order valence-electron chi connectivity index (χ1n) is 4.21. The fourth-order valence-corrected chi connectivity index (χ4v) is 2.14. The molecule has 0 unspecified atom stereocenters. The Morgan fingerprint density at radius 2 is 2.06 bits per heavy atom. The van der Waals surface area contributed by atoms with Crippen LogP contribution in [0.3, 0.4) is 0 Å². The maximum Gasteiger partial charge on any atom is 0.247 e. The van der Waals surface area contributed by atoms with E-state index in [1.165, 1.54) is 17.5 Å². The maximum absolute atomic E-state index is 11.3. The second-order valence-electron chi connectivity index (χ2n) is 3.07. The predicted molar refractivity (Wildman–Crippen MR) is 60.7 cm³/mol. The van der Waals surface area contributed by atoms with E-state index in [4.69, 9.17) is 5.73 Å². The van der Waals surface area contributed by atoms with Gasteiger partial charge in [0.25, 0.3) is 0 Å². The monoisotopic (exact) mass is 256 g/mol. The van der Waals surface area contributed by atoms with Crippen LogP contribution in [-0.4, -0.2) is 29.6 Å². The number of hydrogen-bond acceptors (Lipinski definition) is 7. The van der Waals surface area contributed by atoms with Crippen LogP contribution in [0.2, 0.25) is 0 Å². The molecule has 6 nitrogen and oxygen atoms in total. The second-order valence-corrected chi connectivity index (χ2v) is 5.87. The third kappa shape index (κ3) is 2.17. The molecule has 0 atom stereocenters. The number of anilines is 1. The average Bonchev–Trinajstić information content (AvgIpc) is 2.64. The Kier molecular flexibility index (Phi) is 2.60. The fourth-order valence-electron chi connectivity index (χ4n) is 1.07. The highest BCUT2D eigenvalue weighted by atomic mass is 32.2. The van der Waals surface area contributed by atoms with Gasteiger partial charge in [0.05, 0.1) is 5.69 Å². The minimum atomic E-state index is -3.40. The van der Waals surface area contributed by atoms with Crippen LogP contribution < -0.4 is 5.73 Å². The number of nitrogen functional groups attached to an aromatic ring is 1. The zero-order valence-corrected chi connectivity index (χ0v) is 9.92. The zero-order valence-electron chi connectivity index (χ0n) is 8.28. The van der Waals surface area contributed by atoms with Crippen molar-refractivity contribution in [3.8, 4) is 11.4 Å². The van der Waals surface area contributed by atoms with Crippen LogP contribution in [-0.2, 0) is 9.84 Å². The topological polar surface area (TPSA) is 98.8 Å². The van der Waals surface area contributed by atoms with Crippen molar-refractivity contribution in [1.29, 1.82) is 0 Å². The van der Waals surface area contributed by atoms with Crippen molar-refractivity contribution in [3.63, 3.8) is 0 Å². The summed E-state index contributed by atoms with van der Waals surface area (Å²) >= 11 is 1.27. The summed E-state index contributed by atoms with van der Waals surface area (Å²) in [5.41, 5.74) is 6.48. The van der Waals surface area contributed by atoms with Crippen molar-refractivity contribution in [1.82, 2.24) is 15.0 Å². The Bertz CT molecular complexity index is 620. The summed E-state index contributed by atoms with van der Waals surface area (Å²) in [6.45, 7) is 0. The Balaban J connectivity index is 2.52. The lowest BCUT2D eigenvalue weighted by Gasteiger charge is -1.98. The van der Waals surface area contributed by atoms with Crippen molar-refractivity contribution in [3.05, 3.63) is 17.6 Å². The van der Waals surface area contributed by atoms with Gasteiger partial charge in [0.15, 0.2) is 5.13 Å². The molecule has 0 spiro atoms. The van der Waals surface area contributed by atoms with Gasteiger partial charge >= 0.3 is 0 Å². The molecule has 0 saturated carbocycles. The molecule has 0 saturated heterocycles. The van der Waals surface area contributed by atoms with Gasteiger partial charge in [-0.3, -0.25) is 0 Å². The van der Waals surface area contributed by atoms with Crippen LogP contribution in [0, 0.1) is 0 Å². The van der Waals surface area contributed by atoms with Gasteiger partial charge in [-0.05, 0) is 6.07 Å². The van der Waals surface area contributed by atoms with Gasteiger partial charge in [-0.25, -0.2) is 23.4 Å². The summed E-state index contributed by atoms with van der Waals surface area (Å²) in [6.07, 6.45) is 2.44. The number of nitrogens with zero attached hydrogens (tertiary/aromatic N) is 3. The predicted octanol–water partition coefficient (Wildman–Crippen LogP) is 0.586. The van der Waals surface area contributed by atoms with Crippen LogP contribution in [0.5, 0.6) is 0 Å². The van der Waals surface area contributed by atoms with Crippen molar-refractivity contribution in [2.45, 2.75) is 5.16 Å². The largest absolute Gasteiger partial charge is 0.375 e. The summed E-state index contributed by atoms with van der Waals surface area (Å²) in [6, 6.07) is 1.59. The standard InChI is InChI=1S/C8H8N4O2S2/c1-16(13,14)8-10-3-2-5(12-8)6-4-15-7(9)11-6/h2-4H,1H3,(H2,9,11). The SMILES string of the molecule is CS(=O)(=O)c1nccc(-c2csc(N)n2)n1. The molecule has 0 aromatic carbocycles. The molecular weight excluding hydrogens is 248 g/mol. The van der Waals surface area contributed by atoms with Crippen molar-refractivity contribution in [2.75, 3.05) is 12.0 Å². The van der Waals surface area contributed by atoms with Crippen LogP contribution >= 0.6 is 11.3 Å². The Morgan fingerprint density at radius 1 is 1.31 bits per heavy atom. The molecule has 8 heteroatoms. The molecule has 0 aliphatic rings. The third-order valence-electron chi connectivity index (χ3n) is 1.75. The molecular formula is C8H8N4O2S2. The molecule has 0 fully saturated rings. The normalized spacial score (nSPS) is 11.6. The minimum Gasteiger partial charge on any atom is -0.375 e. The van der Waals surface area contributed by atoms with Gasteiger partial charge in [0.1, 0.15) is 5.69 Å². The molecule has 0 aliphatic heterocycles. The zero-order chi connectivity index (χ0) is 11.8. The van der Waals surface area contributed by atoms with Gasteiger partial charge < -0.3 is 5.73 Å². The Labute approximate surface area is 96.1 Å². The smallest absolute Gasteiger partial charge is 0.247 e. The lowest BCUT2D eigenvalue weighted by Crippen LogP contribution is -2.04. The van der Waals surface area contributed by atoms with E-state index in [0.29, 0.717) is 16.5 Å². The molecule has 2 N–H and O–H groups in total. The van der Waals surface area contributed by atoms with Crippen molar-refractivity contribution >= 4 is 26.3 Å². The first-order valence-corrected chi connectivity index (χ1v) is 6.98. The molecule has 0 radical (unpaired) electrons. The Morgan fingerprint density at radius 3 is 2.62 bits per heavy atom. The number of nitrogens with two attached hydrogens (primary N) is 1. The number of hydrogen-bond donors (Lipinski definition) is 1. The van der Waals surface area contributed by atoms with E-state index < -0.39 is 9.84 Å². The molecule has 2 rings (SSSR count). The number of aromatic nitrogens is 3. The van der Waals surface area contributed by atoms with Crippen molar-refractivity contribution in [2.24, 2.45) is 0 Å². The van der Waals surface area contributed by atoms with E-state index in [1.807, 2.05) is 0 Å². The highest BCUT2D eigenvalue weighted by Crippen LogP contribution is 2.21. The summed E-state index contributed by atoms with van der Waals surface area (Å²) in [4.78, 5) is 11.6. The molecule has 2 aromatic rings. The van der Waals surface area contributed by atoms with E-state index in [9.17, 15) is 8.42 Å².